The Kier molecular flexibility index (Phi) is 6.16. The normalized spacial score (nSPS) is 22.2. The van der Waals surface area contributed by atoms with Crippen molar-refractivity contribution in [2.75, 3.05) is 0 Å². The van der Waals surface area contributed by atoms with Crippen LogP contribution in [-0.2, 0) is 6.61 Å². The van der Waals surface area contributed by atoms with Crippen molar-refractivity contribution in [3.8, 4) is 5.75 Å². The minimum atomic E-state index is -9.64. The van der Waals surface area contributed by atoms with Gasteiger partial charge in [-0.15, -0.1) is 0 Å². The number of rotatable bonds is 8. The molecule has 2 aromatic carbocycles. The van der Waals surface area contributed by atoms with Crippen molar-refractivity contribution in [3.05, 3.63) is 59.7 Å². The van der Waals surface area contributed by atoms with Crippen molar-refractivity contribution < 1.29 is 24.2 Å². The number of hydrogen-bond donors (Lipinski definition) is 0. The SMILES string of the molecule is CCCCC1CCC(c2ccc(COc3ccc(S(F)(F)(F)(F)F)cc3)cc2)CC1. The number of unbranched alkanes of at least 4 members (excludes halogenated alkanes) is 1. The maximum atomic E-state index is 12.8. The second kappa shape index (κ2) is 8.06. The van der Waals surface area contributed by atoms with Gasteiger partial charge in [0.1, 0.15) is 17.3 Å². The van der Waals surface area contributed by atoms with Crippen LogP contribution in [0.3, 0.4) is 0 Å². The lowest BCUT2D eigenvalue weighted by Crippen LogP contribution is -2.13. The van der Waals surface area contributed by atoms with Crippen LogP contribution in [0.5, 0.6) is 5.75 Å². The molecule has 0 unspecified atom stereocenters. The fraction of sp³-hybridized carbons (Fsp3) is 0.478. The number of halogens is 5. The second-order valence-electron chi connectivity index (χ2n) is 8.33. The zero-order valence-electron chi connectivity index (χ0n) is 17.1. The van der Waals surface area contributed by atoms with Crippen LogP contribution < -0.4 is 4.74 Å². The summed E-state index contributed by atoms with van der Waals surface area (Å²) in [4.78, 5) is -1.91. The van der Waals surface area contributed by atoms with Crippen molar-refractivity contribution in [2.24, 2.45) is 5.92 Å². The first-order valence-corrected chi connectivity index (χ1v) is 12.5. The molecule has 2 aromatic rings. The summed E-state index contributed by atoms with van der Waals surface area (Å²) < 4.78 is 69.2. The van der Waals surface area contributed by atoms with Crippen LogP contribution in [0, 0.1) is 5.92 Å². The topological polar surface area (TPSA) is 9.23 Å². The Morgan fingerprint density at radius 2 is 1.43 bits per heavy atom. The molecule has 0 heterocycles. The third-order valence-electron chi connectivity index (χ3n) is 5.94. The van der Waals surface area contributed by atoms with Gasteiger partial charge in [-0.3, -0.25) is 0 Å². The van der Waals surface area contributed by atoms with E-state index in [1.807, 2.05) is 12.1 Å². The van der Waals surface area contributed by atoms with E-state index in [2.05, 4.69) is 19.1 Å². The fourth-order valence-corrected chi connectivity index (χ4v) is 4.77. The monoisotopic (exact) mass is 448 g/mol. The standard InChI is InChI=1S/C23H29F5OS/c1-2-3-4-18-5-9-20(10-6-18)21-11-7-19(8-12-21)17-29-22-13-15-23(16-14-22)30(24,25,26,27)28/h7-8,11-16,18,20H,2-6,9-10,17H2,1H3. The Balaban J connectivity index is 1.52. The Bertz CT molecular complexity index is 823. The highest BCUT2D eigenvalue weighted by Gasteiger charge is 2.65. The van der Waals surface area contributed by atoms with E-state index in [1.165, 1.54) is 50.5 Å². The van der Waals surface area contributed by atoms with Crippen molar-refractivity contribution in [1.82, 2.24) is 0 Å². The first kappa shape index (κ1) is 22.9. The minimum absolute atomic E-state index is 0.120. The molecule has 1 aliphatic rings. The van der Waals surface area contributed by atoms with E-state index in [9.17, 15) is 19.4 Å². The summed E-state index contributed by atoms with van der Waals surface area (Å²) in [5.41, 5.74) is 2.19. The molecule has 1 aliphatic carbocycles. The molecule has 7 heteroatoms. The highest BCUT2D eigenvalue weighted by Crippen LogP contribution is 3.02. The molecule has 0 aliphatic heterocycles. The molecule has 3 rings (SSSR count). The zero-order chi connectivity index (χ0) is 21.9. The molecular weight excluding hydrogens is 419 g/mol. The lowest BCUT2D eigenvalue weighted by Gasteiger charge is -2.40. The van der Waals surface area contributed by atoms with Crippen molar-refractivity contribution in [2.45, 2.75) is 69.3 Å². The van der Waals surface area contributed by atoms with Gasteiger partial charge in [-0.25, -0.2) is 0 Å². The van der Waals surface area contributed by atoms with Gasteiger partial charge in [0.15, 0.2) is 0 Å². The van der Waals surface area contributed by atoms with Gasteiger partial charge in [0.25, 0.3) is 0 Å². The maximum Gasteiger partial charge on any atom is 0.310 e. The molecule has 0 bridgehead atoms. The van der Waals surface area contributed by atoms with E-state index in [0.29, 0.717) is 18.1 Å². The summed E-state index contributed by atoms with van der Waals surface area (Å²) in [5.74, 6) is 1.56. The molecule has 168 valence electrons. The van der Waals surface area contributed by atoms with E-state index < -0.39 is 15.1 Å². The van der Waals surface area contributed by atoms with Gasteiger partial charge in [-0.05, 0) is 72.9 Å². The summed E-state index contributed by atoms with van der Waals surface area (Å²) in [6.07, 6.45) is 8.89. The molecule has 0 radical (unpaired) electrons. The lowest BCUT2D eigenvalue weighted by atomic mass is 9.77. The molecule has 0 aromatic heterocycles. The molecular formula is C23H29F5OS. The van der Waals surface area contributed by atoms with E-state index in [1.54, 1.807) is 0 Å². The second-order valence-corrected chi connectivity index (χ2v) is 10.7. The predicted molar refractivity (Wildman–Crippen MR) is 113 cm³/mol. The Morgan fingerprint density at radius 3 is 1.97 bits per heavy atom. The molecule has 0 N–H and O–H groups in total. The fourth-order valence-electron chi connectivity index (χ4n) is 4.12. The maximum absolute atomic E-state index is 12.8. The zero-order valence-corrected chi connectivity index (χ0v) is 18.0. The third-order valence-corrected chi connectivity index (χ3v) is 7.10. The molecule has 1 saturated carbocycles. The van der Waals surface area contributed by atoms with Gasteiger partial charge in [-0.1, -0.05) is 69.9 Å². The Hall–Kier alpha value is -1.76. The molecule has 30 heavy (non-hydrogen) atoms. The molecule has 0 spiro atoms. The van der Waals surface area contributed by atoms with Gasteiger partial charge < -0.3 is 4.74 Å². The van der Waals surface area contributed by atoms with E-state index in [0.717, 1.165) is 23.6 Å². The highest BCUT2D eigenvalue weighted by atomic mass is 32.5. The largest absolute Gasteiger partial charge is 0.489 e. The lowest BCUT2D eigenvalue weighted by molar-refractivity contribution is 0.302. The van der Waals surface area contributed by atoms with Gasteiger partial charge in [0.2, 0.25) is 0 Å². The van der Waals surface area contributed by atoms with Crippen LogP contribution in [0.25, 0.3) is 0 Å². The molecule has 1 fully saturated rings. The Morgan fingerprint density at radius 1 is 0.833 bits per heavy atom. The third kappa shape index (κ3) is 6.37. The van der Waals surface area contributed by atoms with Crippen LogP contribution in [-0.4, -0.2) is 0 Å². The van der Waals surface area contributed by atoms with Crippen LogP contribution in [0.15, 0.2) is 53.4 Å². The average molecular weight is 449 g/mol. The summed E-state index contributed by atoms with van der Waals surface area (Å²) >= 11 is 0. The summed E-state index contributed by atoms with van der Waals surface area (Å²) in [5, 5.41) is 0. The molecule has 1 nitrogen and oxygen atoms in total. The molecule has 0 saturated heterocycles. The van der Waals surface area contributed by atoms with E-state index in [-0.39, 0.29) is 12.4 Å². The number of ether oxygens (including phenoxy) is 1. The van der Waals surface area contributed by atoms with Crippen molar-refractivity contribution in [3.63, 3.8) is 0 Å². The van der Waals surface area contributed by atoms with Crippen molar-refractivity contribution in [1.29, 1.82) is 0 Å². The average Bonchev–Trinajstić information content (AvgIpc) is 2.70. The highest BCUT2D eigenvalue weighted by molar-refractivity contribution is 8.45. The van der Waals surface area contributed by atoms with Crippen LogP contribution in [0.1, 0.15) is 68.9 Å². The minimum Gasteiger partial charge on any atom is -0.489 e. The first-order valence-electron chi connectivity index (χ1n) is 10.5. The Labute approximate surface area is 175 Å². The van der Waals surface area contributed by atoms with Gasteiger partial charge in [0, 0.05) is 0 Å². The summed E-state index contributed by atoms with van der Waals surface area (Å²) in [6, 6.07) is 10.7. The van der Waals surface area contributed by atoms with Crippen LogP contribution >= 0.6 is 10.2 Å². The van der Waals surface area contributed by atoms with Crippen LogP contribution in [0.4, 0.5) is 19.4 Å². The number of hydrogen-bond acceptors (Lipinski definition) is 1. The predicted octanol–water partition coefficient (Wildman–Crippen LogP) is 9.39. The quantitative estimate of drug-likeness (QED) is 0.366. The van der Waals surface area contributed by atoms with Crippen LogP contribution in [0.2, 0.25) is 0 Å². The van der Waals surface area contributed by atoms with E-state index >= 15 is 0 Å². The molecule has 0 atom stereocenters. The van der Waals surface area contributed by atoms with Gasteiger partial charge >= 0.3 is 10.2 Å². The van der Waals surface area contributed by atoms with Crippen molar-refractivity contribution >= 4 is 10.2 Å². The first-order chi connectivity index (χ1) is 13.9. The number of benzene rings is 2. The van der Waals surface area contributed by atoms with E-state index in [4.69, 9.17) is 4.74 Å². The van der Waals surface area contributed by atoms with Gasteiger partial charge in [-0.2, -0.15) is 0 Å². The summed E-state index contributed by atoms with van der Waals surface area (Å²) in [7, 11) is -9.64. The van der Waals surface area contributed by atoms with Gasteiger partial charge in [0.05, 0.1) is 0 Å². The molecule has 0 amide bonds. The smallest absolute Gasteiger partial charge is 0.310 e. The summed E-state index contributed by atoms with van der Waals surface area (Å²) in [6.45, 7) is 2.40.